The molecule has 0 bridgehead atoms. The highest BCUT2D eigenvalue weighted by Gasteiger charge is 2.14. The van der Waals surface area contributed by atoms with Crippen molar-refractivity contribution < 1.29 is 14.4 Å². The number of carbonyl (C=O) groups is 2. The van der Waals surface area contributed by atoms with Gasteiger partial charge in [0.05, 0.1) is 5.60 Å². The van der Waals surface area contributed by atoms with E-state index in [1.54, 1.807) is 7.05 Å². The Morgan fingerprint density at radius 2 is 1.86 bits per heavy atom. The van der Waals surface area contributed by atoms with Gasteiger partial charge in [0.25, 0.3) is 5.91 Å². The van der Waals surface area contributed by atoms with E-state index in [2.05, 4.69) is 5.48 Å². The fourth-order valence-electron chi connectivity index (χ4n) is 0.569. The number of hydrogen-bond acceptors (Lipinski definition) is 3. The maximum Gasteiger partial charge on any atom is 0.263 e. The molecule has 0 radical (unpaired) electrons. The zero-order valence-electron chi connectivity index (χ0n) is 9.38. The average Bonchev–Trinajstić information content (AvgIpc) is 1.99. The molecule has 0 atom stereocenters. The van der Waals surface area contributed by atoms with Crippen LogP contribution in [-0.4, -0.2) is 35.9 Å². The summed E-state index contributed by atoms with van der Waals surface area (Å²) in [6.07, 6.45) is 0. The number of hydrogen-bond donors (Lipinski definition) is 1. The van der Waals surface area contributed by atoms with Crippen LogP contribution in [0.5, 0.6) is 0 Å². The molecule has 14 heavy (non-hydrogen) atoms. The van der Waals surface area contributed by atoms with Gasteiger partial charge >= 0.3 is 0 Å². The molecule has 5 nitrogen and oxygen atoms in total. The first-order valence-corrected chi connectivity index (χ1v) is 4.41. The van der Waals surface area contributed by atoms with Crippen molar-refractivity contribution in [1.82, 2.24) is 10.4 Å². The van der Waals surface area contributed by atoms with Gasteiger partial charge in [0.15, 0.2) is 0 Å². The number of carbonyl (C=O) groups excluding carboxylic acids is 2. The second-order valence-electron chi connectivity index (χ2n) is 4.11. The lowest BCUT2D eigenvalue weighted by Gasteiger charge is -2.20. The van der Waals surface area contributed by atoms with E-state index in [-0.39, 0.29) is 18.4 Å². The second kappa shape index (κ2) is 4.95. The molecule has 0 aliphatic heterocycles. The highest BCUT2D eigenvalue weighted by atomic mass is 16.7. The standard InChI is InChI=1S/C9H18N2O3/c1-7(12)11(5)6-8(13)10-14-9(2,3)4/h6H2,1-5H3,(H,10,13). The van der Waals surface area contributed by atoms with Crippen LogP contribution in [0.25, 0.3) is 0 Å². The predicted molar refractivity (Wildman–Crippen MR) is 52.3 cm³/mol. The molecule has 0 saturated carbocycles. The van der Waals surface area contributed by atoms with Crippen LogP contribution in [0.3, 0.4) is 0 Å². The zero-order chi connectivity index (χ0) is 11.4. The maximum atomic E-state index is 11.2. The molecule has 0 fully saturated rings. The Labute approximate surface area is 84.4 Å². The monoisotopic (exact) mass is 202 g/mol. The van der Waals surface area contributed by atoms with Gasteiger partial charge in [-0.3, -0.25) is 14.4 Å². The van der Waals surface area contributed by atoms with E-state index in [4.69, 9.17) is 4.84 Å². The summed E-state index contributed by atoms with van der Waals surface area (Å²) >= 11 is 0. The van der Waals surface area contributed by atoms with Crippen molar-refractivity contribution in [1.29, 1.82) is 0 Å². The lowest BCUT2D eigenvalue weighted by atomic mass is 10.2. The Bertz CT molecular complexity index is 221. The maximum absolute atomic E-state index is 11.2. The van der Waals surface area contributed by atoms with E-state index in [0.29, 0.717) is 0 Å². The van der Waals surface area contributed by atoms with Crippen LogP contribution in [0.2, 0.25) is 0 Å². The number of rotatable bonds is 3. The summed E-state index contributed by atoms with van der Waals surface area (Å²) in [6, 6.07) is 0. The molecule has 0 aliphatic carbocycles. The third kappa shape index (κ3) is 6.42. The normalized spacial score (nSPS) is 10.9. The predicted octanol–water partition coefficient (Wildman–Crippen LogP) is 0.311. The molecule has 0 heterocycles. The van der Waals surface area contributed by atoms with E-state index < -0.39 is 5.60 Å². The molecular formula is C9H18N2O3. The summed E-state index contributed by atoms with van der Waals surface area (Å²) in [7, 11) is 1.55. The Kier molecular flexibility index (Phi) is 4.56. The zero-order valence-corrected chi connectivity index (χ0v) is 9.38. The van der Waals surface area contributed by atoms with E-state index in [9.17, 15) is 9.59 Å². The van der Waals surface area contributed by atoms with Gasteiger partial charge in [0, 0.05) is 14.0 Å². The van der Waals surface area contributed by atoms with Crippen LogP contribution in [-0.2, 0) is 14.4 Å². The molecular weight excluding hydrogens is 184 g/mol. The Balaban J connectivity index is 3.83. The number of nitrogens with one attached hydrogen (secondary N) is 1. The lowest BCUT2D eigenvalue weighted by molar-refractivity contribution is -0.148. The topological polar surface area (TPSA) is 58.6 Å². The summed E-state index contributed by atoms with van der Waals surface area (Å²) in [5, 5.41) is 0. The van der Waals surface area contributed by atoms with Crippen molar-refractivity contribution in [3.05, 3.63) is 0 Å². The molecule has 0 aliphatic rings. The van der Waals surface area contributed by atoms with Gasteiger partial charge in [0.2, 0.25) is 5.91 Å². The Morgan fingerprint density at radius 3 is 2.21 bits per heavy atom. The van der Waals surface area contributed by atoms with Gasteiger partial charge in [-0.1, -0.05) is 0 Å². The largest absolute Gasteiger partial charge is 0.337 e. The SMILES string of the molecule is CC(=O)N(C)CC(=O)NOC(C)(C)C. The van der Waals surface area contributed by atoms with Crippen molar-refractivity contribution in [3.8, 4) is 0 Å². The number of likely N-dealkylation sites (N-methyl/N-ethyl adjacent to an activating group) is 1. The fourth-order valence-corrected chi connectivity index (χ4v) is 0.569. The van der Waals surface area contributed by atoms with E-state index in [1.165, 1.54) is 11.8 Å². The molecule has 5 heteroatoms. The van der Waals surface area contributed by atoms with Crippen LogP contribution < -0.4 is 5.48 Å². The summed E-state index contributed by atoms with van der Waals surface area (Å²) < 4.78 is 0. The minimum absolute atomic E-state index is 0.00537. The highest BCUT2D eigenvalue weighted by molar-refractivity contribution is 5.82. The first-order valence-electron chi connectivity index (χ1n) is 4.41. The van der Waals surface area contributed by atoms with Crippen LogP contribution in [0.1, 0.15) is 27.7 Å². The van der Waals surface area contributed by atoms with E-state index in [1.807, 2.05) is 20.8 Å². The van der Waals surface area contributed by atoms with Crippen molar-refractivity contribution in [3.63, 3.8) is 0 Å². The summed E-state index contributed by atoms with van der Waals surface area (Å²) in [5.74, 6) is -0.492. The average molecular weight is 202 g/mol. The van der Waals surface area contributed by atoms with Gasteiger partial charge in [-0.25, -0.2) is 5.48 Å². The summed E-state index contributed by atoms with van der Waals surface area (Å²) in [6.45, 7) is 6.87. The van der Waals surface area contributed by atoms with Gasteiger partial charge in [0.1, 0.15) is 6.54 Å². The molecule has 2 amide bonds. The molecule has 0 aromatic rings. The molecule has 0 spiro atoms. The van der Waals surface area contributed by atoms with Crippen molar-refractivity contribution in [2.24, 2.45) is 0 Å². The summed E-state index contributed by atoms with van der Waals surface area (Å²) in [4.78, 5) is 28.3. The lowest BCUT2D eigenvalue weighted by Crippen LogP contribution is -2.40. The fraction of sp³-hybridized carbons (Fsp3) is 0.778. The molecule has 1 N–H and O–H groups in total. The molecule has 0 unspecified atom stereocenters. The summed E-state index contributed by atoms with van der Waals surface area (Å²) in [5.41, 5.74) is 1.85. The quantitative estimate of drug-likeness (QED) is 0.670. The highest BCUT2D eigenvalue weighted by Crippen LogP contribution is 2.03. The van der Waals surface area contributed by atoms with Gasteiger partial charge in [-0.05, 0) is 20.8 Å². The number of nitrogens with zero attached hydrogens (tertiary/aromatic N) is 1. The van der Waals surface area contributed by atoms with Gasteiger partial charge in [-0.2, -0.15) is 0 Å². The molecule has 82 valence electrons. The number of hydroxylamine groups is 1. The number of amides is 2. The van der Waals surface area contributed by atoms with Crippen LogP contribution in [0.15, 0.2) is 0 Å². The van der Waals surface area contributed by atoms with E-state index >= 15 is 0 Å². The minimum atomic E-state index is -0.426. The van der Waals surface area contributed by atoms with Crippen LogP contribution >= 0.6 is 0 Å². The minimum Gasteiger partial charge on any atom is -0.337 e. The smallest absolute Gasteiger partial charge is 0.263 e. The van der Waals surface area contributed by atoms with E-state index in [0.717, 1.165) is 0 Å². The molecule has 0 aromatic heterocycles. The first kappa shape index (κ1) is 12.9. The molecule has 0 aromatic carbocycles. The van der Waals surface area contributed by atoms with Crippen molar-refractivity contribution in [2.75, 3.05) is 13.6 Å². The van der Waals surface area contributed by atoms with Crippen molar-refractivity contribution >= 4 is 11.8 Å². The van der Waals surface area contributed by atoms with Crippen molar-refractivity contribution in [2.45, 2.75) is 33.3 Å². The first-order chi connectivity index (χ1) is 6.22. The second-order valence-corrected chi connectivity index (χ2v) is 4.11. The third-order valence-electron chi connectivity index (χ3n) is 1.39. The van der Waals surface area contributed by atoms with Crippen LogP contribution in [0, 0.1) is 0 Å². The third-order valence-corrected chi connectivity index (χ3v) is 1.39. The van der Waals surface area contributed by atoms with Gasteiger partial charge < -0.3 is 4.90 Å². The Hall–Kier alpha value is -1.10. The van der Waals surface area contributed by atoms with Gasteiger partial charge in [-0.15, -0.1) is 0 Å². The molecule has 0 rings (SSSR count). The Morgan fingerprint density at radius 1 is 1.36 bits per heavy atom. The molecule has 0 saturated heterocycles. The van der Waals surface area contributed by atoms with Crippen LogP contribution in [0.4, 0.5) is 0 Å².